The van der Waals surface area contributed by atoms with Crippen LogP contribution in [0.15, 0.2) is 36.7 Å². The van der Waals surface area contributed by atoms with E-state index >= 15 is 0 Å². The summed E-state index contributed by atoms with van der Waals surface area (Å²) in [5.41, 5.74) is 1.52. The lowest BCUT2D eigenvalue weighted by molar-refractivity contribution is -0.105. The topological polar surface area (TPSA) is 136 Å². The number of aromatic nitrogens is 4. The van der Waals surface area contributed by atoms with Gasteiger partial charge in [-0.2, -0.15) is 14.7 Å². The quantitative estimate of drug-likeness (QED) is 0.168. The number of ether oxygens (including phenoxy) is 2. The molecule has 0 aliphatic rings. The molecule has 190 valence electrons. The maximum absolute atomic E-state index is 12.8. The second-order valence-electron chi connectivity index (χ2n) is 7.00. The number of fused-ring (bicyclic) bond motifs is 1. The maximum atomic E-state index is 12.8. The molecule has 0 aliphatic carbocycles. The van der Waals surface area contributed by atoms with E-state index in [2.05, 4.69) is 20.3 Å². The van der Waals surface area contributed by atoms with E-state index in [1.54, 1.807) is 13.8 Å². The van der Waals surface area contributed by atoms with Crippen LogP contribution in [0.1, 0.15) is 19.4 Å². The van der Waals surface area contributed by atoms with Gasteiger partial charge in [-0.15, -0.1) is 0 Å². The summed E-state index contributed by atoms with van der Waals surface area (Å²) in [4.78, 5) is 28.8. The second kappa shape index (κ2) is 13.5. The van der Waals surface area contributed by atoms with Gasteiger partial charge < -0.3 is 23.4 Å². The maximum Gasteiger partial charge on any atom is 0.356 e. The first-order chi connectivity index (χ1) is 17.0. The molecule has 12 nitrogen and oxygen atoms in total. The Morgan fingerprint density at radius 3 is 2.57 bits per heavy atom. The first-order valence-electron chi connectivity index (χ1n) is 10.8. The van der Waals surface area contributed by atoms with Crippen LogP contribution in [0.2, 0.25) is 5.15 Å². The van der Waals surface area contributed by atoms with Crippen LogP contribution in [0.25, 0.3) is 11.2 Å². The van der Waals surface area contributed by atoms with Crippen molar-refractivity contribution in [2.24, 2.45) is 0 Å². The normalized spacial score (nSPS) is 12.5. The standard InChI is InChI=1S/C21H27ClN5O7P/c1-3-33-35(29,34-4-2)15-31-17(11-30-10-16-8-6-5-7-9-16)12-32-27-13-23-18-19(22)25-21(24-14-28)26-20(18)27/h5-9,13-14,17H,3-4,10-12,15H2,1-2H3,(H,24,25,26,28). The highest BCUT2D eigenvalue weighted by Crippen LogP contribution is 2.48. The average Bonchev–Trinajstić information content (AvgIpc) is 3.25. The molecular formula is C21H27ClN5O7P. The molecule has 0 aliphatic heterocycles. The molecule has 0 spiro atoms. The highest BCUT2D eigenvalue weighted by molar-refractivity contribution is 7.53. The Bertz CT molecular complexity index is 1120. The molecule has 0 saturated carbocycles. The number of rotatable bonds is 16. The van der Waals surface area contributed by atoms with Gasteiger partial charge in [0.05, 0.1) is 26.4 Å². The minimum absolute atomic E-state index is 0.00351. The molecule has 3 rings (SSSR count). The van der Waals surface area contributed by atoms with E-state index in [4.69, 9.17) is 35.0 Å². The van der Waals surface area contributed by atoms with Crippen LogP contribution >= 0.6 is 19.2 Å². The molecule has 1 aromatic carbocycles. The molecule has 0 bridgehead atoms. The highest BCUT2D eigenvalue weighted by Gasteiger charge is 2.27. The zero-order valence-corrected chi connectivity index (χ0v) is 21.0. The molecule has 2 heterocycles. The number of nitrogens with one attached hydrogen (secondary N) is 1. The van der Waals surface area contributed by atoms with Crippen molar-refractivity contribution in [3.63, 3.8) is 0 Å². The zero-order chi connectivity index (χ0) is 25.1. The average molecular weight is 528 g/mol. The molecule has 14 heteroatoms. The lowest BCUT2D eigenvalue weighted by atomic mass is 10.2. The third-order valence-corrected chi connectivity index (χ3v) is 6.48. The largest absolute Gasteiger partial charge is 0.408 e. The molecule has 1 amide bonds. The second-order valence-corrected chi connectivity index (χ2v) is 9.36. The fourth-order valence-electron chi connectivity index (χ4n) is 2.95. The van der Waals surface area contributed by atoms with Crippen molar-refractivity contribution in [2.75, 3.05) is 38.1 Å². The number of benzene rings is 1. The highest BCUT2D eigenvalue weighted by atomic mass is 35.5. The van der Waals surface area contributed by atoms with Crippen LogP contribution in [0, 0.1) is 0 Å². The van der Waals surface area contributed by atoms with Crippen molar-refractivity contribution >= 4 is 42.7 Å². The molecule has 0 fully saturated rings. The van der Waals surface area contributed by atoms with Gasteiger partial charge in [-0.3, -0.25) is 14.7 Å². The van der Waals surface area contributed by atoms with Gasteiger partial charge in [-0.25, -0.2) is 4.98 Å². The van der Waals surface area contributed by atoms with Crippen LogP contribution in [-0.4, -0.2) is 65.0 Å². The molecule has 0 radical (unpaired) electrons. The van der Waals surface area contributed by atoms with Gasteiger partial charge in [0.25, 0.3) is 0 Å². The van der Waals surface area contributed by atoms with Gasteiger partial charge in [-0.1, -0.05) is 41.9 Å². The van der Waals surface area contributed by atoms with Crippen molar-refractivity contribution in [3.05, 3.63) is 47.4 Å². The van der Waals surface area contributed by atoms with Crippen molar-refractivity contribution in [3.8, 4) is 0 Å². The van der Waals surface area contributed by atoms with Gasteiger partial charge in [0.1, 0.15) is 30.9 Å². The predicted octanol–water partition coefficient (Wildman–Crippen LogP) is 3.30. The van der Waals surface area contributed by atoms with E-state index < -0.39 is 13.7 Å². The van der Waals surface area contributed by atoms with E-state index in [9.17, 15) is 9.36 Å². The summed E-state index contributed by atoms with van der Waals surface area (Å²) < 4.78 is 36.3. The lowest BCUT2D eigenvalue weighted by Gasteiger charge is -2.22. The Balaban J connectivity index is 1.70. The van der Waals surface area contributed by atoms with Gasteiger partial charge in [0.2, 0.25) is 18.0 Å². The number of anilines is 1. The molecule has 3 aromatic rings. The molecule has 0 saturated heterocycles. The minimum atomic E-state index is -3.44. The predicted molar refractivity (Wildman–Crippen MR) is 128 cm³/mol. The third kappa shape index (κ3) is 7.96. The SMILES string of the molecule is CCOP(=O)(COC(COCc1ccccc1)COn1cnc2c(Cl)nc(NC=O)nc21)OCC. The van der Waals surface area contributed by atoms with Gasteiger partial charge >= 0.3 is 7.60 Å². The van der Waals surface area contributed by atoms with Crippen LogP contribution < -0.4 is 10.2 Å². The summed E-state index contributed by atoms with van der Waals surface area (Å²) >= 11 is 6.12. The van der Waals surface area contributed by atoms with Gasteiger partial charge in [0, 0.05) is 0 Å². The Morgan fingerprint density at radius 2 is 1.89 bits per heavy atom. The van der Waals surface area contributed by atoms with E-state index in [0.29, 0.717) is 13.0 Å². The zero-order valence-electron chi connectivity index (χ0n) is 19.3. The summed E-state index contributed by atoms with van der Waals surface area (Å²) in [5.74, 6) is -0.00351. The fraction of sp³-hybridized carbons (Fsp3) is 0.429. The summed E-state index contributed by atoms with van der Waals surface area (Å²) in [6.07, 6.45) is 0.879. The van der Waals surface area contributed by atoms with Crippen LogP contribution in [0.5, 0.6) is 0 Å². The molecule has 1 N–H and O–H groups in total. The van der Waals surface area contributed by atoms with Crippen molar-refractivity contribution in [1.82, 2.24) is 19.7 Å². The summed E-state index contributed by atoms with van der Waals surface area (Å²) in [5, 5.41) is 2.39. The number of halogens is 1. The lowest BCUT2D eigenvalue weighted by Crippen LogP contribution is -2.31. The summed E-state index contributed by atoms with van der Waals surface area (Å²) in [7, 11) is -3.44. The number of imidazole rings is 1. The number of nitrogens with zero attached hydrogens (tertiary/aromatic N) is 4. The molecule has 2 aromatic heterocycles. The van der Waals surface area contributed by atoms with Crippen LogP contribution in [0.4, 0.5) is 5.95 Å². The number of carbonyl (C=O) groups excluding carboxylic acids is 1. The first kappa shape index (κ1) is 27.0. The summed E-state index contributed by atoms with van der Waals surface area (Å²) in [6, 6.07) is 9.64. The molecule has 1 unspecified atom stereocenters. The Hall–Kier alpha value is -2.60. The monoisotopic (exact) mass is 527 g/mol. The molecular weight excluding hydrogens is 501 g/mol. The van der Waals surface area contributed by atoms with E-state index in [-0.39, 0.29) is 55.0 Å². The van der Waals surface area contributed by atoms with Gasteiger partial charge in [-0.05, 0) is 19.4 Å². The number of hydrogen-bond acceptors (Lipinski definition) is 10. The fourth-order valence-corrected chi connectivity index (χ4v) is 4.57. The van der Waals surface area contributed by atoms with Crippen molar-refractivity contribution in [2.45, 2.75) is 26.6 Å². The van der Waals surface area contributed by atoms with E-state index in [0.717, 1.165) is 5.56 Å². The summed E-state index contributed by atoms with van der Waals surface area (Å²) in [6.45, 7) is 4.34. The van der Waals surface area contributed by atoms with E-state index in [1.165, 1.54) is 11.1 Å². The van der Waals surface area contributed by atoms with Crippen molar-refractivity contribution in [1.29, 1.82) is 0 Å². The van der Waals surface area contributed by atoms with E-state index in [1.807, 2.05) is 30.3 Å². The third-order valence-electron chi connectivity index (χ3n) is 4.45. The number of hydrogen-bond donors (Lipinski definition) is 1. The molecule has 1 atom stereocenters. The Labute approximate surface area is 207 Å². The van der Waals surface area contributed by atoms with Crippen LogP contribution in [-0.2, 0) is 34.5 Å². The smallest absolute Gasteiger partial charge is 0.356 e. The number of carbonyl (C=O) groups is 1. The Kier molecular flexibility index (Phi) is 10.4. The number of amides is 1. The van der Waals surface area contributed by atoms with Crippen molar-refractivity contribution < 1.29 is 32.7 Å². The first-order valence-corrected chi connectivity index (χ1v) is 12.9. The minimum Gasteiger partial charge on any atom is -0.408 e. The van der Waals surface area contributed by atoms with Crippen LogP contribution in [0.3, 0.4) is 0 Å². The Morgan fingerprint density at radius 1 is 1.14 bits per heavy atom. The van der Waals surface area contributed by atoms with Gasteiger partial charge in [0.15, 0.2) is 5.15 Å². The molecule has 35 heavy (non-hydrogen) atoms.